The van der Waals surface area contributed by atoms with E-state index in [0.717, 1.165) is 16.8 Å². The molecule has 1 amide bonds. The molecule has 3 N–H and O–H groups in total. The number of carbonyl (C=O) groups excluding carboxylic acids is 1. The molecule has 2 aromatic rings. The van der Waals surface area contributed by atoms with E-state index in [2.05, 4.69) is 10.5 Å². The largest absolute Gasteiger partial charge is 0.399 e. The van der Waals surface area contributed by atoms with Crippen molar-refractivity contribution in [1.29, 1.82) is 0 Å². The van der Waals surface area contributed by atoms with Crippen LogP contribution in [0.25, 0.3) is 0 Å². The average Bonchev–Trinajstić information content (AvgIpc) is 2.48. The van der Waals surface area contributed by atoms with Gasteiger partial charge in [0.15, 0.2) is 0 Å². The van der Waals surface area contributed by atoms with Crippen molar-refractivity contribution < 1.29 is 4.79 Å². The maximum Gasteiger partial charge on any atom is 0.244 e. The summed E-state index contributed by atoms with van der Waals surface area (Å²) in [5.74, 6) is -0.173. The van der Waals surface area contributed by atoms with Crippen molar-refractivity contribution >= 4 is 28.9 Å². The van der Waals surface area contributed by atoms with Gasteiger partial charge in [-0.25, -0.2) is 5.43 Å². The fourth-order valence-electron chi connectivity index (χ4n) is 1.76. The van der Waals surface area contributed by atoms with Crippen molar-refractivity contribution in [2.75, 3.05) is 5.73 Å². The quantitative estimate of drug-likeness (QED) is 0.518. The Labute approximate surface area is 128 Å². The van der Waals surface area contributed by atoms with E-state index < -0.39 is 0 Å². The Balaban J connectivity index is 1.94. The highest BCUT2D eigenvalue weighted by Gasteiger charge is 2.03. The van der Waals surface area contributed by atoms with E-state index in [9.17, 15) is 4.79 Å². The summed E-state index contributed by atoms with van der Waals surface area (Å²) in [5.41, 5.74) is 11.3. The molecule has 0 aromatic heterocycles. The van der Waals surface area contributed by atoms with Gasteiger partial charge < -0.3 is 5.73 Å². The smallest absolute Gasteiger partial charge is 0.244 e. The zero-order valence-corrected chi connectivity index (χ0v) is 12.4. The van der Waals surface area contributed by atoms with Crippen LogP contribution in [0.2, 0.25) is 5.02 Å². The second-order valence-corrected chi connectivity index (χ2v) is 5.09. The number of nitrogen functional groups attached to an aromatic ring is 1. The highest BCUT2D eigenvalue weighted by atomic mass is 35.5. The van der Waals surface area contributed by atoms with E-state index in [1.807, 2.05) is 31.2 Å². The molecule has 0 spiro atoms. The number of hydrazone groups is 1. The predicted octanol–water partition coefficient (Wildman–Crippen LogP) is 3.01. The van der Waals surface area contributed by atoms with Crippen LogP contribution in [0.15, 0.2) is 53.6 Å². The minimum Gasteiger partial charge on any atom is -0.399 e. The number of benzene rings is 2. The van der Waals surface area contributed by atoms with Crippen molar-refractivity contribution in [1.82, 2.24) is 5.43 Å². The SMILES string of the molecule is CC(=NNC(=O)Cc1ccc(N)cc1)c1ccc(Cl)cc1. The van der Waals surface area contributed by atoms with E-state index >= 15 is 0 Å². The van der Waals surface area contributed by atoms with Crippen LogP contribution in [0.3, 0.4) is 0 Å². The molecule has 0 aliphatic rings. The molecule has 108 valence electrons. The number of carbonyl (C=O) groups is 1. The van der Waals surface area contributed by atoms with Gasteiger partial charge in [0.25, 0.3) is 0 Å². The van der Waals surface area contributed by atoms with Gasteiger partial charge in [-0.1, -0.05) is 35.9 Å². The molecule has 2 aromatic carbocycles. The average molecular weight is 302 g/mol. The standard InChI is InChI=1S/C16H16ClN3O/c1-11(13-4-6-14(17)7-5-13)19-20-16(21)10-12-2-8-15(18)9-3-12/h2-9H,10,18H2,1H3,(H,20,21). The monoisotopic (exact) mass is 301 g/mol. The maximum absolute atomic E-state index is 11.8. The third kappa shape index (κ3) is 4.61. The van der Waals surface area contributed by atoms with Gasteiger partial charge >= 0.3 is 0 Å². The van der Waals surface area contributed by atoms with Crippen molar-refractivity contribution in [3.8, 4) is 0 Å². The number of amides is 1. The van der Waals surface area contributed by atoms with Crippen LogP contribution in [0.1, 0.15) is 18.1 Å². The summed E-state index contributed by atoms with van der Waals surface area (Å²) >= 11 is 5.83. The lowest BCUT2D eigenvalue weighted by atomic mass is 10.1. The van der Waals surface area contributed by atoms with Crippen molar-refractivity contribution in [2.24, 2.45) is 5.10 Å². The number of halogens is 1. The van der Waals surface area contributed by atoms with Crippen LogP contribution < -0.4 is 11.2 Å². The molecule has 0 radical (unpaired) electrons. The van der Waals surface area contributed by atoms with Crippen molar-refractivity contribution in [3.05, 3.63) is 64.7 Å². The van der Waals surface area contributed by atoms with Gasteiger partial charge in [0, 0.05) is 10.7 Å². The number of anilines is 1. The number of hydrogen-bond donors (Lipinski definition) is 2. The number of nitrogens with one attached hydrogen (secondary N) is 1. The number of nitrogens with zero attached hydrogens (tertiary/aromatic N) is 1. The first-order valence-corrected chi connectivity index (χ1v) is 6.86. The third-order valence-electron chi connectivity index (χ3n) is 2.95. The zero-order chi connectivity index (χ0) is 15.2. The molecule has 0 heterocycles. The summed E-state index contributed by atoms with van der Waals surface area (Å²) in [5, 5.41) is 4.75. The molecular formula is C16H16ClN3O. The van der Waals surface area contributed by atoms with Gasteiger partial charge in [-0.15, -0.1) is 0 Å². The molecule has 0 fully saturated rings. The summed E-state index contributed by atoms with van der Waals surface area (Å²) in [7, 11) is 0. The van der Waals surface area contributed by atoms with Crippen LogP contribution in [0.5, 0.6) is 0 Å². The molecule has 0 unspecified atom stereocenters. The Morgan fingerprint density at radius 1 is 1.14 bits per heavy atom. The minimum absolute atomic E-state index is 0.173. The Hall–Kier alpha value is -2.33. The first-order valence-electron chi connectivity index (χ1n) is 6.48. The third-order valence-corrected chi connectivity index (χ3v) is 3.21. The van der Waals surface area contributed by atoms with Gasteiger partial charge in [-0.05, 0) is 42.3 Å². The molecule has 4 nitrogen and oxygen atoms in total. The second-order valence-electron chi connectivity index (χ2n) is 4.66. The lowest BCUT2D eigenvalue weighted by Gasteiger charge is -2.04. The van der Waals surface area contributed by atoms with Crippen LogP contribution in [0, 0.1) is 0 Å². The van der Waals surface area contributed by atoms with Crippen LogP contribution in [0.4, 0.5) is 5.69 Å². The zero-order valence-electron chi connectivity index (χ0n) is 11.6. The van der Waals surface area contributed by atoms with Crippen molar-refractivity contribution in [2.45, 2.75) is 13.3 Å². The fourth-order valence-corrected chi connectivity index (χ4v) is 1.89. The summed E-state index contributed by atoms with van der Waals surface area (Å²) in [6, 6.07) is 14.5. The van der Waals surface area contributed by atoms with Gasteiger partial charge in [0.2, 0.25) is 5.91 Å². The van der Waals surface area contributed by atoms with E-state index in [1.54, 1.807) is 24.3 Å². The van der Waals surface area contributed by atoms with E-state index in [-0.39, 0.29) is 12.3 Å². The molecule has 0 bridgehead atoms. The van der Waals surface area contributed by atoms with Crippen LogP contribution in [-0.4, -0.2) is 11.6 Å². The number of hydrogen-bond acceptors (Lipinski definition) is 3. The maximum atomic E-state index is 11.8. The highest BCUT2D eigenvalue weighted by Crippen LogP contribution is 2.10. The van der Waals surface area contributed by atoms with E-state index in [0.29, 0.717) is 10.7 Å². The van der Waals surface area contributed by atoms with Gasteiger partial charge in [-0.3, -0.25) is 4.79 Å². The summed E-state index contributed by atoms with van der Waals surface area (Å²) in [6.45, 7) is 1.83. The van der Waals surface area contributed by atoms with E-state index in [4.69, 9.17) is 17.3 Å². The summed E-state index contributed by atoms with van der Waals surface area (Å²) in [6.07, 6.45) is 0.262. The Morgan fingerprint density at radius 3 is 2.38 bits per heavy atom. The second kappa shape index (κ2) is 6.90. The van der Waals surface area contributed by atoms with Crippen LogP contribution >= 0.6 is 11.6 Å². The fraction of sp³-hybridized carbons (Fsp3) is 0.125. The lowest BCUT2D eigenvalue weighted by Crippen LogP contribution is -2.21. The summed E-state index contributed by atoms with van der Waals surface area (Å²) < 4.78 is 0. The molecular weight excluding hydrogens is 286 g/mol. The highest BCUT2D eigenvalue weighted by molar-refractivity contribution is 6.30. The molecule has 21 heavy (non-hydrogen) atoms. The van der Waals surface area contributed by atoms with Gasteiger partial charge in [0.1, 0.15) is 0 Å². The predicted molar refractivity (Wildman–Crippen MR) is 86.4 cm³/mol. The topological polar surface area (TPSA) is 67.5 Å². The van der Waals surface area contributed by atoms with Crippen molar-refractivity contribution in [3.63, 3.8) is 0 Å². The Bertz CT molecular complexity index is 648. The first kappa shape index (κ1) is 15.1. The molecule has 0 saturated heterocycles. The minimum atomic E-state index is -0.173. The molecule has 0 atom stereocenters. The van der Waals surface area contributed by atoms with Gasteiger partial charge in [-0.2, -0.15) is 5.10 Å². The van der Waals surface area contributed by atoms with Crippen LogP contribution in [-0.2, 0) is 11.2 Å². The normalized spacial score (nSPS) is 11.2. The number of rotatable bonds is 4. The number of nitrogens with two attached hydrogens (primary N) is 1. The van der Waals surface area contributed by atoms with Gasteiger partial charge in [0.05, 0.1) is 12.1 Å². The molecule has 0 aliphatic heterocycles. The lowest BCUT2D eigenvalue weighted by molar-refractivity contribution is -0.120. The summed E-state index contributed by atoms with van der Waals surface area (Å²) in [4.78, 5) is 11.8. The Morgan fingerprint density at radius 2 is 1.76 bits per heavy atom. The van der Waals surface area contributed by atoms with E-state index in [1.165, 1.54) is 0 Å². The molecule has 5 heteroatoms. The molecule has 0 saturated carbocycles. The Kier molecular flexibility index (Phi) is 4.95. The first-order chi connectivity index (χ1) is 10.0. The molecule has 2 rings (SSSR count). The molecule has 0 aliphatic carbocycles.